The molecule has 0 saturated heterocycles. The molecule has 7 heteroatoms. The van der Waals surface area contributed by atoms with E-state index in [1.165, 1.54) is 42.2 Å². The zero-order valence-corrected chi connectivity index (χ0v) is 19.7. The first-order valence-electron chi connectivity index (χ1n) is 11.6. The van der Waals surface area contributed by atoms with Gasteiger partial charge in [-0.25, -0.2) is 0 Å². The van der Waals surface area contributed by atoms with Crippen LogP contribution in [0.2, 0.25) is 0 Å². The van der Waals surface area contributed by atoms with Crippen LogP contribution in [0.5, 0.6) is 0 Å². The first-order chi connectivity index (χ1) is 15.7. The lowest BCUT2D eigenvalue weighted by molar-refractivity contribution is -0.119. The van der Waals surface area contributed by atoms with E-state index in [1.807, 2.05) is 18.3 Å². The number of hydrogen-bond acceptors (Lipinski definition) is 5. The Morgan fingerprint density at radius 3 is 2.47 bits per heavy atom. The lowest BCUT2D eigenvalue weighted by Gasteiger charge is -2.22. The van der Waals surface area contributed by atoms with Crippen molar-refractivity contribution < 1.29 is 4.79 Å². The van der Waals surface area contributed by atoms with Crippen LogP contribution in [0, 0.1) is 0 Å². The molecule has 0 aliphatic heterocycles. The number of carbonyl (C=O) groups is 1. The van der Waals surface area contributed by atoms with Gasteiger partial charge in [0.05, 0.1) is 11.4 Å². The fourth-order valence-electron chi connectivity index (χ4n) is 4.40. The van der Waals surface area contributed by atoms with Crippen molar-refractivity contribution >= 4 is 17.7 Å². The van der Waals surface area contributed by atoms with Crippen molar-refractivity contribution in [2.45, 2.75) is 70.0 Å². The molecule has 0 unspecified atom stereocenters. The van der Waals surface area contributed by atoms with E-state index in [0.717, 1.165) is 47.9 Å². The van der Waals surface area contributed by atoms with Crippen LogP contribution in [0.4, 0.5) is 0 Å². The smallest absolute Gasteiger partial charge is 0.230 e. The molecule has 32 heavy (non-hydrogen) atoms. The van der Waals surface area contributed by atoms with Crippen LogP contribution in [0.25, 0.3) is 17.1 Å². The van der Waals surface area contributed by atoms with Gasteiger partial charge in [-0.05, 0) is 48.9 Å². The third-order valence-corrected chi connectivity index (χ3v) is 6.97. The van der Waals surface area contributed by atoms with Gasteiger partial charge in [-0.3, -0.25) is 14.3 Å². The Kier molecular flexibility index (Phi) is 7.58. The van der Waals surface area contributed by atoms with Gasteiger partial charge in [0.15, 0.2) is 11.0 Å². The number of thioether (sulfide) groups is 1. The van der Waals surface area contributed by atoms with Crippen LogP contribution in [-0.2, 0) is 17.6 Å². The summed E-state index contributed by atoms with van der Waals surface area (Å²) in [7, 11) is 0. The summed E-state index contributed by atoms with van der Waals surface area (Å²) in [4.78, 5) is 16.9. The average molecular weight is 450 g/mol. The molecule has 2 heterocycles. The van der Waals surface area contributed by atoms with Crippen LogP contribution < -0.4 is 5.32 Å². The van der Waals surface area contributed by atoms with Crippen LogP contribution in [0.3, 0.4) is 0 Å². The molecule has 168 valence electrons. The van der Waals surface area contributed by atoms with E-state index < -0.39 is 0 Å². The number of benzene rings is 1. The highest BCUT2D eigenvalue weighted by molar-refractivity contribution is 7.99. The molecule has 0 atom stereocenters. The number of nitrogens with one attached hydrogen (secondary N) is 1. The van der Waals surface area contributed by atoms with Crippen molar-refractivity contribution in [3.05, 3.63) is 53.9 Å². The highest BCUT2D eigenvalue weighted by Gasteiger charge is 2.22. The van der Waals surface area contributed by atoms with E-state index in [9.17, 15) is 4.79 Å². The molecule has 4 rings (SSSR count). The molecule has 1 saturated carbocycles. The van der Waals surface area contributed by atoms with E-state index in [-0.39, 0.29) is 5.91 Å². The van der Waals surface area contributed by atoms with Crippen molar-refractivity contribution in [2.75, 3.05) is 5.75 Å². The van der Waals surface area contributed by atoms with Crippen molar-refractivity contribution in [1.82, 2.24) is 25.1 Å². The Bertz CT molecular complexity index is 1020. The number of aromatic nitrogens is 4. The van der Waals surface area contributed by atoms with Crippen LogP contribution in [0.1, 0.15) is 57.1 Å². The summed E-state index contributed by atoms with van der Waals surface area (Å²) < 4.78 is 2.12. The molecule has 1 fully saturated rings. The largest absolute Gasteiger partial charge is 0.353 e. The van der Waals surface area contributed by atoms with Gasteiger partial charge < -0.3 is 5.32 Å². The molecule has 0 spiro atoms. The summed E-state index contributed by atoms with van der Waals surface area (Å²) in [6, 6.07) is 10.6. The highest BCUT2D eigenvalue weighted by atomic mass is 32.2. The normalized spacial score (nSPS) is 14.4. The van der Waals surface area contributed by atoms with Crippen molar-refractivity contribution in [2.24, 2.45) is 0 Å². The Balaban J connectivity index is 1.67. The maximum atomic E-state index is 12.7. The molecule has 0 radical (unpaired) electrons. The van der Waals surface area contributed by atoms with Crippen LogP contribution in [-0.4, -0.2) is 37.5 Å². The summed E-state index contributed by atoms with van der Waals surface area (Å²) in [6.45, 7) is 4.33. The predicted octanol–water partition coefficient (Wildman–Crippen LogP) is 5.00. The minimum absolute atomic E-state index is 0.0684. The molecule has 1 amide bonds. The molecular formula is C25H31N5OS. The summed E-state index contributed by atoms with van der Waals surface area (Å²) in [5.74, 6) is 1.15. The zero-order chi connectivity index (χ0) is 22.3. The molecular weight excluding hydrogens is 418 g/mol. The maximum absolute atomic E-state index is 12.7. The summed E-state index contributed by atoms with van der Waals surface area (Å²) >= 11 is 1.45. The van der Waals surface area contributed by atoms with Gasteiger partial charge in [-0.1, -0.05) is 63.1 Å². The Morgan fingerprint density at radius 1 is 1.06 bits per heavy atom. The minimum Gasteiger partial charge on any atom is -0.353 e. The van der Waals surface area contributed by atoms with E-state index in [0.29, 0.717) is 11.8 Å². The van der Waals surface area contributed by atoms with Crippen molar-refractivity contribution in [3.8, 4) is 17.1 Å². The van der Waals surface area contributed by atoms with Gasteiger partial charge in [0, 0.05) is 24.0 Å². The average Bonchev–Trinajstić information content (AvgIpc) is 3.26. The fraction of sp³-hybridized carbons (Fsp3) is 0.440. The summed E-state index contributed by atoms with van der Waals surface area (Å²) in [6.07, 6.45) is 11.2. The number of pyridine rings is 1. The molecule has 1 aliphatic carbocycles. The number of nitrogens with zero attached hydrogens (tertiary/aromatic N) is 4. The number of aryl methyl sites for hydroxylation is 2. The van der Waals surface area contributed by atoms with E-state index >= 15 is 0 Å². The minimum atomic E-state index is 0.0684. The number of amides is 1. The van der Waals surface area contributed by atoms with Gasteiger partial charge in [-0.15, -0.1) is 10.2 Å². The molecule has 3 aromatic rings. The standard InChI is InChI=1S/C25H31N5OS/c1-3-18-10-8-11-19(4-2)23(18)30-24(20-12-9-15-26-16-20)28-29-25(30)32-17-22(31)27-21-13-6-5-7-14-21/h8-12,15-16,21H,3-7,13-14,17H2,1-2H3,(H,27,31). The number of hydrogen-bond donors (Lipinski definition) is 1. The molecule has 6 nitrogen and oxygen atoms in total. The summed E-state index contributed by atoms with van der Waals surface area (Å²) in [5.41, 5.74) is 4.51. The molecule has 1 aromatic carbocycles. The SMILES string of the molecule is CCc1cccc(CC)c1-n1c(SCC(=O)NC2CCCCC2)nnc1-c1cccnc1. The lowest BCUT2D eigenvalue weighted by Crippen LogP contribution is -2.37. The van der Waals surface area contributed by atoms with Gasteiger partial charge >= 0.3 is 0 Å². The predicted molar refractivity (Wildman–Crippen MR) is 129 cm³/mol. The Labute approximate surface area is 194 Å². The van der Waals surface area contributed by atoms with Crippen LogP contribution in [0.15, 0.2) is 47.9 Å². The topological polar surface area (TPSA) is 72.7 Å². The van der Waals surface area contributed by atoms with Gasteiger partial charge in [0.2, 0.25) is 5.91 Å². The van der Waals surface area contributed by atoms with Gasteiger partial charge in [-0.2, -0.15) is 0 Å². The van der Waals surface area contributed by atoms with Crippen molar-refractivity contribution in [3.63, 3.8) is 0 Å². The van der Waals surface area contributed by atoms with E-state index in [1.54, 1.807) is 6.20 Å². The Hall–Kier alpha value is -2.67. The molecule has 2 aromatic heterocycles. The first kappa shape index (κ1) is 22.5. The van der Waals surface area contributed by atoms with Gasteiger partial charge in [0.25, 0.3) is 0 Å². The number of carbonyl (C=O) groups excluding carboxylic acids is 1. The molecule has 1 aliphatic rings. The third kappa shape index (κ3) is 5.04. The Morgan fingerprint density at radius 2 is 1.81 bits per heavy atom. The quantitative estimate of drug-likeness (QED) is 0.490. The molecule has 1 N–H and O–H groups in total. The van der Waals surface area contributed by atoms with E-state index in [2.05, 4.69) is 57.1 Å². The highest BCUT2D eigenvalue weighted by Crippen LogP contribution is 2.32. The number of para-hydroxylation sites is 1. The first-order valence-corrected chi connectivity index (χ1v) is 12.6. The second-order valence-electron chi connectivity index (χ2n) is 8.21. The third-order valence-electron chi connectivity index (χ3n) is 6.04. The van der Waals surface area contributed by atoms with Crippen LogP contribution >= 0.6 is 11.8 Å². The maximum Gasteiger partial charge on any atom is 0.230 e. The van der Waals surface area contributed by atoms with E-state index in [4.69, 9.17) is 0 Å². The lowest BCUT2D eigenvalue weighted by atomic mass is 9.95. The monoisotopic (exact) mass is 449 g/mol. The second kappa shape index (κ2) is 10.8. The second-order valence-corrected chi connectivity index (χ2v) is 9.15. The summed E-state index contributed by atoms with van der Waals surface area (Å²) in [5, 5.41) is 13.0. The van der Waals surface area contributed by atoms with Gasteiger partial charge in [0.1, 0.15) is 0 Å². The number of rotatable bonds is 8. The van der Waals surface area contributed by atoms with Crippen molar-refractivity contribution in [1.29, 1.82) is 0 Å². The molecule has 0 bridgehead atoms. The zero-order valence-electron chi connectivity index (χ0n) is 18.9. The fourth-order valence-corrected chi connectivity index (χ4v) is 5.14.